The first-order chi connectivity index (χ1) is 13.4. The summed E-state index contributed by atoms with van der Waals surface area (Å²) in [5.74, 6) is 2.65. The fraction of sp³-hybridized carbons (Fsp3) is 0.100. The van der Waals surface area contributed by atoms with Gasteiger partial charge in [-0.05, 0) is 85.1 Å². The summed E-state index contributed by atoms with van der Waals surface area (Å²) in [5, 5.41) is 0.293. The van der Waals surface area contributed by atoms with Crippen LogP contribution in [0.1, 0.15) is 11.1 Å². The number of amides is 2. The second-order valence-corrected chi connectivity index (χ2v) is 8.84. The highest BCUT2D eigenvalue weighted by Crippen LogP contribution is 2.38. The minimum Gasteiger partial charge on any atom is -0.479 e. The van der Waals surface area contributed by atoms with Crippen LogP contribution in [0.25, 0.3) is 6.08 Å². The molecule has 2 aromatic rings. The van der Waals surface area contributed by atoms with Gasteiger partial charge in [0.25, 0.3) is 11.1 Å². The number of imide groups is 1. The van der Waals surface area contributed by atoms with Crippen LogP contribution in [-0.2, 0) is 11.3 Å². The van der Waals surface area contributed by atoms with Gasteiger partial charge < -0.3 is 4.74 Å². The van der Waals surface area contributed by atoms with E-state index in [0.717, 1.165) is 22.9 Å². The highest BCUT2D eigenvalue weighted by Gasteiger charge is 2.35. The first-order valence-electron chi connectivity index (χ1n) is 7.94. The van der Waals surface area contributed by atoms with Crippen LogP contribution in [0.5, 0.6) is 5.75 Å². The van der Waals surface area contributed by atoms with E-state index in [4.69, 9.17) is 22.8 Å². The molecular weight excluding hydrogens is 530 g/mol. The smallest absolute Gasteiger partial charge is 0.293 e. The Morgan fingerprint density at radius 2 is 1.82 bits per heavy atom. The zero-order chi connectivity index (χ0) is 20.3. The summed E-state index contributed by atoms with van der Waals surface area (Å²) in [6, 6.07) is 10.6. The SMILES string of the molecule is C#CCOc1c(Br)cc(/C=C2\SC(=O)N(Cc3ccc(Cl)cc3)C2=O)cc1Br. The number of carbonyl (C=O) groups excluding carboxylic acids is 2. The molecule has 0 aliphatic carbocycles. The zero-order valence-corrected chi connectivity index (χ0v) is 19.0. The number of benzene rings is 2. The fourth-order valence-corrected chi connectivity index (χ4v) is 4.89. The largest absolute Gasteiger partial charge is 0.479 e. The molecule has 1 saturated heterocycles. The van der Waals surface area contributed by atoms with Gasteiger partial charge in [-0.25, -0.2) is 0 Å². The zero-order valence-electron chi connectivity index (χ0n) is 14.2. The number of carbonyl (C=O) groups is 2. The highest BCUT2D eigenvalue weighted by atomic mass is 79.9. The van der Waals surface area contributed by atoms with E-state index in [0.29, 0.717) is 24.6 Å². The van der Waals surface area contributed by atoms with Gasteiger partial charge >= 0.3 is 0 Å². The molecule has 1 aliphatic rings. The lowest BCUT2D eigenvalue weighted by molar-refractivity contribution is -0.123. The maximum Gasteiger partial charge on any atom is 0.293 e. The Bertz CT molecular complexity index is 992. The number of halogens is 3. The third-order valence-electron chi connectivity index (χ3n) is 3.75. The second kappa shape index (κ2) is 9.19. The summed E-state index contributed by atoms with van der Waals surface area (Å²) in [7, 11) is 0. The third kappa shape index (κ3) is 4.81. The molecule has 0 radical (unpaired) electrons. The molecule has 1 aliphatic heterocycles. The molecule has 142 valence electrons. The fourth-order valence-electron chi connectivity index (χ4n) is 2.47. The lowest BCUT2D eigenvalue weighted by Crippen LogP contribution is -2.27. The number of hydrogen-bond donors (Lipinski definition) is 0. The molecule has 0 saturated carbocycles. The van der Waals surface area contributed by atoms with Crippen LogP contribution in [0.3, 0.4) is 0 Å². The number of nitrogens with zero attached hydrogens (tertiary/aromatic N) is 1. The molecule has 0 N–H and O–H groups in total. The van der Waals surface area contributed by atoms with Gasteiger partial charge in [0.2, 0.25) is 0 Å². The van der Waals surface area contributed by atoms with Crippen molar-refractivity contribution in [3.05, 3.63) is 66.4 Å². The molecule has 1 heterocycles. The van der Waals surface area contributed by atoms with Crippen LogP contribution < -0.4 is 4.74 Å². The first-order valence-corrected chi connectivity index (χ1v) is 10.7. The Balaban J connectivity index is 1.81. The van der Waals surface area contributed by atoms with E-state index in [1.807, 2.05) is 0 Å². The quantitative estimate of drug-likeness (QED) is 0.338. The summed E-state index contributed by atoms with van der Waals surface area (Å²) in [5.41, 5.74) is 1.57. The van der Waals surface area contributed by atoms with Crippen molar-refractivity contribution in [3.8, 4) is 18.1 Å². The highest BCUT2D eigenvalue weighted by molar-refractivity contribution is 9.11. The summed E-state index contributed by atoms with van der Waals surface area (Å²) >= 11 is 13.7. The lowest BCUT2D eigenvalue weighted by atomic mass is 10.2. The number of ether oxygens (including phenoxy) is 1. The Morgan fingerprint density at radius 3 is 2.43 bits per heavy atom. The Morgan fingerprint density at radius 1 is 1.18 bits per heavy atom. The van der Waals surface area contributed by atoms with Crippen molar-refractivity contribution in [2.45, 2.75) is 6.54 Å². The molecule has 0 unspecified atom stereocenters. The molecule has 0 atom stereocenters. The molecule has 3 rings (SSSR count). The minimum atomic E-state index is -0.329. The second-order valence-electron chi connectivity index (χ2n) is 5.70. The molecule has 2 aromatic carbocycles. The van der Waals surface area contributed by atoms with Crippen LogP contribution >= 0.6 is 55.2 Å². The molecule has 28 heavy (non-hydrogen) atoms. The van der Waals surface area contributed by atoms with Crippen molar-refractivity contribution in [2.75, 3.05) is 6.61 Å². The third-order valence-corrected chi connectivity index (χ3v) is 6.08. The summed E-state index contributed by atoms with van der Waals surface area (Å²) < 4.78 is 6.85. The first kappa shape index (κ1) is 21.0. The number of hydrogen-bond acceptors (Lipinski definition) is 4. The normalized spacial score (nSPS) is 15.2. The molecular formula is C20H12Br2ClNO3S. The van der Waals surface area contributed by atoms with Crippen LogP contribution in [0.2, 0.25) is 5.02 Å². The average Bonchev–Trinajstić information content (AvgIpc) is 2.90. The van der Waals surface area contributed by atoms with E-state index in [2.05, 4.69) is 37.8 Å². The predicted molar refractivity (Wildman–Crippen MR) is 119 cm³/mol. The van der Waals surface area contributed by atoms with Gasteiger partial charge in [0, 0.05) is 5.02 Å². The van der Waals surface area contributed by atoms with E-state index in [1.165, 1.54) is 4.90 Å². The summed E-state index contributed by atoms with van der Waals surface area (Å²) in [4.78, 5) is 26.6. The summed E-state index contributed by atoms with van der Waals surface area (Å²) in [6.07, 6.45) is 6.89. The monoisotopic (exact) mass is 539 g/mol. The van der Waals surface area contributed by atoms with Crippen molar-refractivity contribution in [1.82, 2.24) is 4.90 Å². The molecule has 1 fully saturated rings. The molecule has 4 nitrogen and oxygen atoms in total. The summed E-state index contributed by atoms with van der Waals surface area (Å²) in [6.45, 7) is 0.339. The van der Waals surface area contributed by atoms with Gasteiger partial charge in [0.15, 0.2) is 0 Å². The maximum atomic E-state index is 12.7. The van der Waals surface area contributed by atoms with Crippen molar-refractivity contribution in [1.29, 1.82) is 0 Å². The van der Waals surface area contributed by atoms with Crippen molar-refractivity contribution < 1.29 is 14.3 Å². The predicted octanol–water partition coefficient (Wildman–Crippen LogP) is 6.11. The Labute approximate surface area is 188 Å². The van der Waals surface area contributed by atoms with Crippen LogP contribution in [0, 0.1) is 12.3 Å². The maximum absolute atomic E-state index is 12.7. The topological polar surface area (TPSA) is 46.6 Å². The van der Waals surface area contributed by atoms with Gasteiger partial charge in [0.05, 0.1) is 20.4 Å². The van der Waals surface area contributed by atoms with Gasteiger partial charge in [-0.2, -0.15) is 0 Å². The molecule has 2 amide bonds. The van der Waals surface area contributed by atoms with Crippen molar-refractivity contribution in [2.24, 2.45) is 0 Å². The van der Waals surface area contributed by atoms with E-state index < -0.39 is 0 Å². The lowest BCUT2D eigenvalue weighted by Gasteiger charge is -2.12. The Hall–Kier alpha value is -1.72. The van der Waals surface area contributed by atoms with Gasteiger partial charge in [-0.1, -0.05) is 29.7 Å². The van der Waals surface area contributed by atoms with E-state index in [9.17, 15) is 9.59 Å². The molecule has 0 aromatic heterocycles. The molecule has 0 spiro atoms. The molecule has 0 bridgehead atoms. The average molecular weight is 542 g/mol. The molecule has 8 heteroatoms. The van der Waals surface area contributed by atoms with E-state index >= 15 is 0 Å². The van der Waals surface area contributed by atoms with Gasteiger partial charge in [-0.3, -0.25) is 14.5 Å². The number of thioether (sulfide) groups is 1. The standard InChI is InChI=1S/C20H12Br2ClNO3S/c1-2-7-27-18-15(21)8-13(9-16(18)22)10-17-19(25)24(20(26)28-17)11-12-3-5-14(23)6-4-12/h1,3-6,8-10H,7,11H2/b17-10-. The van der Waals surface area contributed by atoms with Crippen LogP contribution in [-0.4, -0.2) is 22.7 Å². The van der Waals surface area contributed by atoms with Crippen LogP contribution in [0.4, 0.5) is 4.79 Å². The van der Waals surface area contributed by atoms with E-state index in [1.54, 1.807) is 42.5 Å². The van der Waals surface area contributed by atoms with Crippen molar-refractivity contribution in [3.63, 3.8) is 0 Å². The van der Waals surface area contributed by atoms with E-state index in [-0.39, 0.29) is 24.3 Å². The van der Waals surface area contributed by atoms with Gasteiger partial charge in [-0.15, -0.1) is 6.42 Å². The minimum absolute atomic E-state index is 0.139. The van der Waals surface area contributed by atoms with Crippen LogP contribution in [0.15, 0.2) is 50.2 Å². The van der Waals surface area contributed by atoms with Crippen molar-refractivity contribution >= 4 is 72.4 Å². The number of rotatable bonds is 5. The Kier molecular flexibility index (Phi) is 6.89. The number of terminal acetylenes is 1. The van der Waals surface area contributed by atoms with Gasteiger partial charge in [0.1, 0.15) is 12.4 Å².